The molecule has 8 nitrogen and oxygen atoms in total. The van der Waals surface area contributed by atoms with E-state index < -0.39 is 0 Å². The highest BCUT2D eigenvalue weighted by Gasteiger charge is 2.13. The van der Waals surface area contributed by atoms with E-state index in [-0.39, 0.29) is 26.0 Å². The molecule has 180 valence electrons. The van der Waals surface area contributed by atoms with Crippen LogP contribution in [0.2, 0.25) is 0 Å². The van der Waals surface area contributed by atoms with Crippen molar-refractivity contribution < 1.29 is 38.0 Å². The molecular weight excluding hydrogens is 440 g/mol. The van der Waals surface area contributed by atoms with Gasteiger partial charge in [-0.2, -0.15) is 0 Å². The normalized spacial score (nSPS) is 10.8. The second-order valence-corrected chi connectivity index (χ2v) is 6.66. The lowest BCUT2D eigenvalue weighted by molar-refractivity contribution is -0.110. The predicted molar refractivity (Wildman–Crippen MR) is 128 cm³/mol. The lowest BCUT2D eigenvalue weighted by Gasteiger charge is -2.14. The summed E-state index contributed by atoms with van der Waals surface area (Å²) < 4.78 is 37.1. The molecule has 0 saturated carbocycles. The van der Waals surface area contributed by atoms with Gasteiger partial charge in [-0.3, -0.25) is 4.79 Å². The Labute approximate surface area is 199 Å². The van der Waals surface area contributed by atoms with E-state index in [1.165, 1.54) is 40.6 Å². The van der Waals surface area contributed by atoms with Crippen LogP contribution in [-0.2, 0) is 14.3 Å². The second kappa shape index (κ2) is 14.3. The van der Waals surface area contributed by atoms with Crippen molar-refractivity contribution in [2.75, 3.05) is 48.6 Å². The molecule has 0 heterocycles. The van der Waals surface area contributed by atoms with Crippen molar-refractivity contribution in [1.82, 2.24) is 0 Å². The maximum absolute atomic E-state index is 12.4. The first kappa shape index (κ1) is 26.3. The fourth-order valence-corrected chi connectivity index (χ4v) is 2.78. The van der Waals surface area contributed by atoms with Crippen molar-refractivity contribution in [3.05, 3.63) is 53.6 Å². The summed E-state index contributed by atoms with van der Waals surface area (Å²) in [6.45, 7) is 0.233. The van der Waals surface area contributed by atoms with E-state index in [4.69, 9.17) is 39.6 Å². The molecule has 2 aromatic rings. The van der Waals surface area contributed by atoms with Gasteiger partial charge in [0.25, 0.3) is 0 Å². The Morgan fingerprint density at radius 3 is 1.74 bits per heavy atom. The Balaban J connectivity index is 2.19. The fraction of sp³-hybridized carbons (Fsp3) is 0.269. The van der Waals surface area contributed by atoms with Gasteiger partial charge in [-0.1, -0.05) is 18.1 Å². The van der Waals surface area contributed by atoms with Gasteiger partial charge < -0.3 is 33.2 Å². The first-order valence-corrected chi connectivity index (χ1v) is 10.2. The summed E-state index contributed by atoms with van der Waals surface area (Å²) in [5, 5.41) is 0. The highest BCUT2D eigenvalue weighted by molar-refractivity contribution is 6.04. The van der Waals surface area contributed by atoms with E-state index >= 15 is 0 Å². The van der Waals surface area contributed by atoms with E-state index in [1.807, 2.05) is 0 Å². The molecule has 34 heavy (non-hydrogen) atoms. The van der Waals surface area contributed by atoms with Crippen LogP contribution in [0.25, 0.3) is 12.2 Å². The fourth-order valence-electron chi connectivity index (χ4n) is 2.78. The number of ether oxygens (including phenoxy) is 7. The number of ketones is 1. The van der Waals surface area contributed by atoms with Gasteiger partial charge in [-0.05, 0) is 47.5 Å². The van der Waals surface area contributed by atoms with Gasteiger partial charge in [0.15, 0.2) is 30.9 Å². The van der Waals surface area contributed by atoms with Gasteiger partial charge in [0.2, 0.25) is 5.75 Å². The molecule has 0 aliphatic heterocycles. The highest BCUT2D eigenvalue weighted by Crippen LogP contribution is 2.38. The minimum atomic E-state index is -0.229. The summed E-state index contributed by atoms with van der Waals surface area (Å²) in [5.41, 5.74) is 1.40. The molecule has 0 fully saturated rings. The smallest absolute Gasteiger partial charge is 0.204 e. The summed E-state index contributed by atoms with van der Waals surface area (Å²) in [7, 11) is 6.07. The molecule has 0 aliphatic carbocycles. The highest BCUT2D eigenvalue weighted by atomic mass is 16.7. The lowest BCUT2D eigenvalue weighted by atomic mass is 10.1. The number of carbonyl (C=O) groups excluding carboxylic acids is 1. The SMILES string of the molecule is C#CCOc1c(OC)cc(/C=C/C(=O)/C=C/c2cc(OCOC)cc(OCOC)c2)cc1OC. The molecule has 0 saturated heterocycles. The van der Waals surface area contributed by atoms with Crippen LogP contribution in [0.4, 0.5) is 0 Å². The van der Waals surface area contributed by atoms with E-state index in [0.29, 0.717) is 39.9 Å². The molecule has 0 aliphatic rings. The lowest BCUT2D eigenvalue weighted by Crippen LogP contribution is -2.02. The molecule has 0 radical (unpaired) electrons. The molecule has 8 heteroatoms. The Morgan fingerprint density at radius 2 is 1.29 bits per heavy atom. The third kappa shape index (κ3) is 8.20. The molecule has 0 spiro atoms. The number of methoxy groups -OCH3 is 4. The molecule has 0 unspecified atom stereocenters. The quantitative estimate of drug-likeness (QED) is 0.234. The summed E-state index contributed by atoms with van der Waals surface area (Å²) >= 11 is 0. The van der Waals surface area contributed by atoms with Crippen LogP contribution < -0.4 is 23.7 Å². The maximum Gasteiger partial charge on any atom is 0.204 e. The number of benzene rings is 2. The maximum atomic E-state index is 12.4. The molecule has 0 N–H and O–H groups in total. The summed E-state index contributed by atoms with van der Waals surface area (Å²) in [5.74, 6) is 4.51. The Morgan fingerprint density at radius 1 is 0.794 bits per heavy atom. The molecular formula is C26H28O8. The van der Waals surface area contributed by atoms with E-state index in [2.05, 4.69) is 5.92 Å². The van der Waals surface area contributed by atoms with Crippen LogP contribution in [-0.4, -0.2) is 54.4 Å². The zero-order valence-electron chi connectivity index (χ0n) is 19.7. The van der Waals surface area contributed by atoms with Gasteiger partial charge in [-0.25, -0.2) is 0 Å². The number of hydrogen-bond acceptors (Lipinski definition) is 8. The van der Waals surface area contributed by atoms with Crippen LogP contribution in [0.5, 0.6) is 28.7 Å². The molecule has 2 rings (SSSR count). The minimum Gasteiger partial charge on any atom is -0.493 e. The Hall–Kier alpha value is -3.93. The van der Waals surface area contributed by atoms with Gasteiger partial charge >= 0.3 is 0 Å². The standard InChI is InChI=1S/C26H28O8/c1-6-11-32-26-24(30-4)14-20(15-25(26)31-5)8-10-21(27)9-7-19-12-22(33-17-28-2)16-23(13-19)34-18-29-3/h1,7-10,12-16H,11,17-18H2,2-5H3/b9-7+,10-8+. The molecule has 0 atom stereocenters. The largest absolute Gasteiger partial charge is 0.493 e. The number of rotatable bonds is 14. The van der Waals surface area contributed by atoms with Crippen molar-refractivity contribution in [1.29, 1.82) is 0 Å². The Kier molecular flexibility index (Phi) is 11.0. The van der Waals surface area contributed by atoms with Gasteiger partial charge in [0, 0.05) is 20.3 Å². The number of hydrogen-bond donors (Lipinski definition) is 0. The second-order valence-electron chi connectivity index (χ2n) is 6.66. The van der Waals surface area contributed by atoms with Gasteiger partial charge in [-0.15, -0.1) is 6.42 Å². The van der Waals surface area contributed by atoms with E-state index in [1.54, 1.807) is 42.5 Å². The van der Waals surface area contributed by atoms with Crippen LogP contribution in [0.15, 0.2) is 42.5 Å². The summed E-state index contributed by atoms with van der Waals surface area (Å²) in [6, 6.07) is 8.66. The molecule has 0 aromatic heterocycles. The number of allylic oxidation sites excluding steroid dienone is 2. The van der Waals surface area contributed by atoms with Crippen molar-refractivity contribution >= 4 is 17.9 Å². The summed E-state index contributed by atoms with van der Waals surface area (Å²) in [6.07, 6.45) is 11.4. The average molecular weight is 469 g/mol. The van der Waals surface area contributed by atoms with Crippen LogP contribution >= 0.6 is 0 Å². The average Bonchev–Trinajstić information content (AvgIpc) is 2.86. The van der Waals surface area contributed by atoms with Crippen LogP contribution in [0.3, 0.4) is 0 Å². The predicted octanol–water partition coefficient (Wildman–Crippen LogP) is 3.98. The Bertz CT molecular complexity index is 998. The third-order valence-electron chi connectivity index (χ3n) is 4.25. The van der Waals surface area contributed by atoms with Gasteiger partial charge in [0.05, 0.1) is 14.2 Å². The third-order valence-corrected chi connectivity index (χ3v) is 4.25. The monoisotopic (exact) mass is 468 g/mol. The number of terminal acetylenes is 1. The molecule has 0 bridgehead atoms. The molecule has 2 aromatic carbocycles. The number of carbonyl (C=O) groups is 1. The van der Waals surface area contributed by atoms with Crippen molar-refractivity contribution in [2.45, 2.75) is 0 Å². The van der Waals surface area contributed by atoms with E-state index in [9.17, 15) is 4.79 Å². The van der Waals surface area contributed by atoms with Crippen molar-refractivity contribution in [2.24, 2.45) is 0 Å². The zero-order chi connectivity index (χ0) is 24.8. The first-order chi connectivity index (χ1) is 16.5. The van der Waals surface area contributed by atoms with Gasteiger partial charge in [0.1, 0.15) is 18.1 Å². The minimum absolute atomic E-state index is 0.0706. The zero-order valence-corrected chi connectivity index (χ0v) is 19.7. The van der Waals surface area contributed by atoms with E-state index in [0.717, 1.165) is 0 Å². The van der Waals surface area contributed by atoms with Crippen molar-refractivity contribution in [3.63, 3.8) is 0 Å². The van der Waals surface area contributed by atoms with Crippen LogP contribution in [0.1, 0.15) is 11.1 Å². The topological polar surface area (TPSA) is 81.7 Å². The molecule has 0 amide bonds. The van der Waals surface area contributed by atoms with Crippen molar-refractivity contribution in [3.8, 4) is 41.1 Å². The van der Waals surface area contributed by atoms with Crippen LogP contribution in [0, 0.1) is 12.3 Å². The summed E-state index contributed by atoms with van der Waals surface area (Å²) in [4.78, 5) is 12.4. The first-order valence-electron chi connectivity index (χ1n) is 10.2.